The summed E-state index contributed by atoms with van der Waals surface area (Å²) in [5, 5.41) is 9.02. The molecule has 5 nitrogen and oxygen atoms in total. The van der Waals surface area contributed by atoms with Crippen LogP contribution in [0.25, 0.3) is 0 Å². The molecule has 0 aliphatic carbocycles. The van der Waals surface area contributed by atoms with Gasteiger partial charge in [-0.25, -0.2) is 4.79 Å². The van der Waals surface area contributed by atoms with Gasteiger partial charge in [0.05, 0.1) is 11.1 Å². The minimum absolute atomic E-state index is 0.0955. The molecule has 1 aliphatic rings. The summed E-state index contributed by atoms with van der Waals surface area (Å²) in [6.45, 7) is 5.87. The van der Waals surface area contributed by atoms with Gasteiger partial charge in [-0.15, -0.1) is 0 Å². The minimum atomic E-state index is -0.930. The Labute approximate surface area is 118 Å². The molecule has 1 N–H and O–H groups in total. The number of carbonyl (C=O) groups excluding carboxylic acids is 1. The van der Waals surface area contributed by atoms with Crippen LogP contribution in [0, 0.1) is 0 Å². The maximum Gasteiger partial charge on any atom is 0.335 e. The fraction of sp³-hybridized carbons (Fsp3) is 0.467. The summed E-state index contributed by atoms with van der Waals surface area (Å²) in [6, 6.07) is 6.88. The van der Waals surface area contributed by atoms with Gasteiger partial charge in [0.1, 0.15) is 0 Å². The van der Waals surface area contributed by atoms with E-state index in [1.165, 1.54) is 0 Å². The quantitative estimate of drug-likeness (QED) is 0.907. The van der Waals surface area contributed by atoms with Crippen molar-refractivity contribution >= 4 is 11.9 Å². The molecule has 5 heteroatoms. The largest absolute Gasteiger partial charge is 0.478 e. The summed E-state index contributed by atoms with van der Waals surface area (Å²) in [6.07, 6.45) is 0. The molecule has 0 spiro atoms. The number of hydrogen-bond acceptors (Lipinski definition) is 3. The molecule has 1 saturated heterocycles. The fourth-order valence-electron chi connectivity index (χ4n) is 2.55. The van der Waals surface area contributed by atoms with Crippen molar-refractivity contribution in [2.24, 2.45) is 0 Å². The molecular weight excluding hydrogens is 256 g/mol. The smallest absolute Gasteiger partial charge is 0.335 e. The predicted molar refractivity (Wildman–Crippen MR) is 75.5 cm³/mol. The summed E-state index contributed by atoms with van der Waals surface area (Å²) in [4.78, 5) is 27.0. The molecule has 2 rings (SSSR count). The average Bonchev–Trinajstić information content (AvgIpc) is 2.40. The molecule has 0 bridgehead atoms. The maximum atomic E-state index is 12.2. The van der Waals surface area contributed by atoms with E-state index < -0.39 is 11.5 Å². The lowest BCUT2D eigenvalue weighted by molar-refractivity contribution is -0.147. The SMILES string of the molecule is CN1CCN(Cc2cccc(C(=O)O)c2)C(C)(C)C1=O. The van der Waals surface area contributed by atoms with Crippen molar-refractivity contribution in [3.05, 3.63) is 35.4 Å². The van der Waals surface area contributed by atoms with E-state index in [9.17, 15) is 9.59 Å². The van der Waals surface area contributed by atoms with E-state index in [1.807, 2.05) is 27.0 Å². The zero-order valence-corrected chi connectivity index (χ0v) is 12.1. The van der Waals surface area contributed by atoms with Crippen molar-refractivity contribution in [1.82, 2.24) is 9.80 Å². The number of carboxylic acid groups (broad SMARTS) is 1. The van der Waals surface area contributed by atoms with Gasteiger partial charge in [-0.05, 0) is 31.5 Å². The van der Waals surface area contributed by atoms with E-state index in [-0.39, 0.29) is 11.5 Å². The standard InChI is InChI=1S/C15H20N2O3/c1-15(2)14(20)16(3)7-8-17(15)10-11-5-4-6-12(9-11)13(18)19/h4-6,9H,7-8,10H2,1-3H3,(H,18,19). The molecule has 1 heterocycles. The third-order valence-corrected chi connectivity index (χ3v) is 3.91. The Bertz CT molecular complexity index is 540. The van der Waals surface area contributed by atoms with Crippen molar-refractivity contribution in [2.75, 3.05) is 20.1 Å². The normalized spacial score (nSPS) is 19.1. The van der Waals surface area contributed by atoms with E-state index in [1.54, 1.807) is 23.1 Å². The number of carbonyl (C=O) groups is 2. The molecule has 1 aliphatic heterocycles. The predicted octanol–water partition coefficient (Wildman–Crippen LogP) is 1.44. The third kappa shape index (κ3) is 2.67. The fourth-order valence-corrected chi connectivity index (χ4v) is 2.55. The van der Waals surface area contributed by atoms with Crippen LogP contribution in [0.2, 0.25) is 0 Å². The van der Waals surface area contributed by atoms with Gasteiger partial charge >= 0.3 is 5.97 Å². The first kappa shape index (κ1) is 14.5. The van der Waals surface area contributed by atoms with E-state index >= 15 is 0 Å². The van der Waals surface area contributed by atoms with Crippen LogP contribution in [-0.2, 0) is 11.3 Å². The van der Waals surface area contributed by atoms with Crippen molar-refractivity contribution in [3.63, 3.8) is 0 Å². The number of hydrogen-bond donors (Lipinski definition) is 1. The molecule has 1 aromatic carbocycles. The second kappa shape index (κ2) is 5.25. The highest BCUT2D eigenvalue weighted by Gasteiger charge is 2.40. The van der Waals surface area contributed by atoms with E-state index in [0.29, 0.717) is 13.1 Å². The Hall–Kier alpha value is -1.88. The second-order valence-corrected chi connectivity index (χ2v) is 5.71. The first-order valence-corrected chi connectivity index (χ1v) is 6.65. The Morgan fingerprint density at radius 2 is 2.05 bits per heavy atom. The van der Waals surface area contributed by atoms with Gasteiger partial charge in [0.2, 0.25) is 5.91 Å². The van der Waals surface area contributed by atoms with Gasteiger partial charge in [-0.1, -0.05) is 12.1 Å². The number of carboxylic acids is 1. The molecule has 0 radical (unpaired) electrons. The van der Waals surface area contributed by atoms with Gasteiger partial charge in [0, 0.05) is 26.7 Å². The Morgan fingerprint density at radius 3 is 2.70 bits per heavy atom. The highest BCUT2D eigenvalue weighted by molar-refractivity contribution is 5.88. The number of benzene rings is 1. The zero-order valence-electron chi connectivity index (χ0n) is 12.1. The van der Waals surface area contributed by atoms with E-state index in [4.69, 9.17) is 5.11 Å². The lowest BCUT2D eigenvalue weighted by Gasteiger charge is -2.44. The number of aromatic carboxylic acids is 1. The number of likely N-dealkylation sites (N-methyl/N-ethyl adjacent to an activating group) is 1. The zero-order chi connectivity index (χ0) is 14.9. The van der Waals surface area contributed by atoms with Gasteiger partial charge in [0.25, 0.3) is 0 Å². The molecule has 1 amide bonds. The third-order valence-electron chi connectivity index (χ3n) is 3.91. The van der Waals surface area contributed by atoms with Crippen LogP contribution in [0.3, 0.4) is 0 Å². The Balaban J connectivity index is 2.19. The molecule has 0 saturated carbocycles. The van der Waals surface area contributed by atoms with Gasteiger partial charge in [0.15, 0.2) is 0 Å². The first-order chi connectivity index (χ1) is 9.32. The van der Waals surface area contributed by atoms with Crippen LogP contribution in [0.5, 0.6) is 0 Å². The van der Waals surface area contributed by atoms with Crippen molar-refractivity contribution in [2.45, 2.75) is 25.9 Å². The highest BCUT2D eigenvalue weighted by Crippen LogP contribution is 2.24. The summed E-state index contributed by atoms with van der Waals surface area (Å²) in [7, 11) is 1.81. The van der Waals surface area contributed by atoms with Gasteiger partial charge in [-0.2, -0.15) is 0 Å². The number of rotatable bonds is 3. The monoisotopic (exact) mass is 276 g/mol. The van der Waals surface area contributed by atoms with Gasteiger partial charge < -0.3 is 10.0 Å². The molecule has 0 atom stereocenters. The topological polar surface area (TPSA) is 60.9 Å². The van der Waals surface area contributed by atoms with Crippen molar-refractivity contribution in [3.8, 4) is 0 Å². The number of nitrogens with zero attached hydrogens (tertiary/aromatic N) is 2. The summed E-state index contributed by atoms with van der Waals surface area (Å²) < 4.78 is 0. The number of amides is 1. The molecule has 20 heavy (non-hydrogen) atoms. The molecule has 0 aromatic heterocycles. The van der Waals surface area contributed by atoms with E-state index in [0.717, 1.165) is 12.1 Å². The molecule has 1 fully saturated rings. The maximum absolute atomic E-state index is 12.2. The van der Waals surface area contributed by atoms with Crippen LogP contribution in [0.1, 0.15) is 29.8 Å². The van der Waals surface area contributed by atoms with E-state index in [2.05, 4.69) is 4.90 Å². The molecule has 0 unspecified atom stereocenters. The van der Waals surface area contributed by atoms with Crippen molar-refractivity contribution in [1.29, 1.82) is 0 Å². The van der Waals surface area contributed by atoms with Crippen LogP contribution in [0.4, 0.5) is 0 Å². The Morgan fingerprint density at radius 1 is 1.35 bits per heavy atom. The van der Waals surface area contributed by atoms with Crippen LogP contribution < -0.4 is 0 Å². The average molecular weight is 276 g/mol. The molecule has 108 valence electrons. The second-order valence-electron chi connectivity index (χ2n) is 5.71. The summed E-state index contributed by atoms with van der Waals surface area (Å²) in [5.41, 5.74) is 0.628. The Kier molecular flexibility index (Phi) is 3.81. The molecular formula is C15H20N2O3. The van der Waals surface area contributed by atoms with Crippen molar-refractivity contribution < 1.29 is 14.7 Å². The lowest BCUT2D eigenvalue weighted by Crippen LogP contribution is -2.61. The highest BCUT2D eigenvalue weighted by atomic mass is 16.4. The van der Waals surface area contributed by atoms with Crippen LogP contribution in [-0.4, -0.2) is 52.5 Å². The van der Waals surface area contributed by atoms with Gasteiger partial charge in [-0.3, -0.25) is 9.69 Å². The summed E-state index contributed by atoms with van der Waals surface area (Å²) >= 11 is 0. The minimum Gasteiger partial charge on any atom is -0.478 e. The van der Waals surface area contributed by atoms with Crippen LogP contribution >= 0.6 is 0 Å². The first-order valence-electron chi connectivity index (χ1n) is 6.65. The van der Waals surface area contributed by atoms with Crippen LogP contribution in [0.15, 0.2) is 24.3 Å². The number of piperazine rings is 1. The summed E-state index contributed by atoms with van der Waals surface area (Å²) in [5.74, 6) is -0.835. The lowest BCUT2D eigenvalue weighted by atomic mass is 9.96. The molecule has 1 aromatic rings.